The van der Waals surface area contributed by atoms with Crippen LogP contribution in [0.5, 0.6) is 11.5 Å². The van der Waals surface area contributed by atoms with Crippen LogP contribution in [0.15, 0.2) is 17.6 Å². The van der Waals surface area contributed by atoms with Gasteiger partial charge in [-0.15, -0.1) is 11.3 Å². The molecular weight excluding hydrogens is 378 g/mol. The first kappa shape index (κ1) is 22.6. The summed E-state index contributed by atoms with van der Waals surface area (Å²) in [5, 5.41) is 0. The fourth-order valence-electron chi connectivity index (χ4n) is 2.87. The lowest BCUT2D eigenvalue weighted by atomic mass is 10.0. The van der Waals surface area contributed by atoms with Gasteiger partial charge in [-0.3, -0.25) is 0 Å². The molecule has 28 heavy (non-hydrogen) atoms. The fourth-order valence-corrected chi connectivity index (χ4v) is 3.63. The van der Waals surface area contributed by atoms with Gasteiger partial charge in [0.1, 0.15) is 0 Å². The Labute approximate surface area is 171 Å². The molecule has 1 unspecified atom stereocenters. The number of nitrogens with zero attached hydrogens (tertiary/aromatic N) is 1. The molecule has 0 fully saturated rings. The fraction of sp³-hybridized carbons (Fsp3) is 0.571. The summed E-state index contributed by atoms with van der Waals surface area (Å²) in [6, 6.07) is 3.99. The largest absolute Gasteiger partial charge is 0.493 e. The van der Waals surface area contributed by atoms with Gasteiger partial charge in [-0.25, -0.2) is 4.98 Å². The number of hydrogen-bond donors (Lipinski definition) is 0. The van der Waals surface area contributed by atoms with Crippen molar-refractivity contribution in [3.8, 4) is 11.5 Å². The minimum atomic E-state index is -0.214. The summed E-state index contributed by atoms with van der Waals surface area (Å²) in [4.78, 5) is 5.52. The van der Waals surface area contributed by atoms with Crippen LogP contribution in [0.2, 0.25) is 0 Å². The van der Waals surface area contributed by atoms with E-state index in [1.54, 1.807) is 25.6 Å². The van der Waals surface area contributed by atoms with Gasteiger partial charge >= 0.3 is 0 Å². The summed E-state index contributed by atoms with van der Waals surface area (Å²) >= 11 is 1.67. The minimum Gasteiger partial charge on any atom is -0.493 e. The van der Waals surface area contributed by atoms with E-state index in [-0.39, 0.29) is 6.29 Å². The molecule has 156 valence electrons. The first-order valence-corrected chi connectivity index (χ1v) is 10.4. The molecule has 0 amide bonds. The Balaban J connectivity index is 0.000000500. The molecule has 2 heterocycles. The first-order chi connectivity index (χ1) is 13.6. The van der Waals surface area contributed by atoms with Crippen molar-refractivity contribution in [1.29, 1.82) is 0 Å². The van der Waals surface area contributed by atoms with Gasteiger partial charge in [0.05, 0.1) is 38.6 Å². The van der Waals surface area contributed by atoms with Crippen molar-refractivity contribution in [3.63, 3.8) is 0 Å². The maximum absolute atomic E-state index is 5.88. The second-order valence-corrected chi connectivity index (χ2v) is 7.12. The number of thiazole rings is 1. The Kier molecular flexibility index (Phi) is 9.70. The zero-order valence-electron chi connectivity index (χ0n) is 17.4. The van der Waals surface area contributed by atoms with E-state index in [1.165, 1.54) is 10.4 Å². The van der Waals surface area contributed by atoms with Crippen LogP contribution < -0.4 is 9.47 Å². The van der Waals surface area contributed by atoms with E-state index in [1.807, 2.05) is 38.4 Å². The highest BCUT2D eigenvalue weighted by Gasteiger charge is 2.22. The van der Waals surface area contributed by atoms with Crippen LogP contribution in [-0.2, 0) is 33.7 Å². The third-order valence-corrected chi connectivity index (χ3v) is 5.40. The molecule has 1 atom stereocenters. The Morgan fingerprint density at radius 1 is 1.11 bits per heavy atom. The van der Waals surface area contributed by atoms with Crippen molar-refractivity contribution < 1.29 is 23.7 Å². The molecule has 0 spiro atoms. The molecule has 1 aliphatic rings. The van der Waals surface area contributed by atoms with Crippen LogP contribution in [0, 0.1) is 6.92 Å². The molecule has 0 bridgehead atoms. The number of fused-ring (bicyclic) bond motifs is 1. The molecule has 1 aliphatic heterocycles. The van der Waals surface area contributed by atoms with Crippen molar-refractivity contribution in [2.45, 2.75) is 46.5 Å². The predicted octanol–water partition coefficient (Wildman–Crippen LogP) is 4.17. The van der Waals surface area contributed by atoms with Crippen LogP contribution >= 0.6 is 11.3 Å². The molecule has 7 heteroatoms. The van der Waals surface area contributed by atoms with Gasteiger partial charge in [0, 0.05) is 30.9 Å². The zero-order valence-corrected chi connectivity index (χ0v) is 18.3. The number of benzene rings is 1. The summed E-state index contributed by atoms with van der Waals surface area (Å²) in [5.74, 6) is 1.47. The summed E-state index contributed by atoms with van der Waals surface area (Å²) in [7, 11) is 3.29. The summed E-state index contributed by atoms with van der Waals surface area (Å²) in [6.45, 7) is 8.86. The van der Waals surface area contributed by atoms with Crippen LogP contribution in [0.1, 0.15) is 35.5 Å². The molecule has 3 rings (SSSR count). The molecule has 6 nitrogen and oxygen atoms in total. The lowest BCUT2D eigenvalue weighted by Crippen LogP contribution is -2.26. The summed E-state index contributed by atoms with van der Waals surface area (Å²) < 4.78 is 27.2. The quantitative estimate of drug-likeness (QED) is 0.652. The van der Waals surface area contributed by atoms with E-state index in [0.29, 0.717) is 13.2 Å². The second kappa shape index (κ2) is 12.0. The number of hydrogen-bond acceptors (Lipinski definition) is 7. The van der Waals surface area contributed by atoms with Crippen LogP contribution in [-0.4, -0.2) is 45.3 Å². The van der Waals surface area contributed by atoms with Gasteiger partial charge < -0.3 is 23.7 Å². The van der Waals surface area contributed by atoms with Gasteiger partial charge in [0.15, 0.2) is 17.8 Å². The van der Waals surface area contributed by atoms with E-state index >= 15 is 0 Å². The average Bonchev–Trinajstić information content (AvgIpc) is 3.12. The molecule has 1 aromatic heterocycles. The smallest absolute Gasteiger partial charge is 0.162 e. The maximum atomic E-state index is 5.88. The normalized spacial score (nSPS) is 15.4. The number of rotatable bonds is 8. The monoisotopic (exact) mass is 409 g/mol. The Hall–Kier alpha value is -1.67. The first-order valence-electron chi connectivity index (χ1n) is 9.56. The Morgan fingerprint density at radius 2 is 1.79 bits per heavy atom. The second-order valence-electron chi connectivity index (χ2n) is 6.18. The van der Waals surface area contributed by atoms with Gasteiger partial charge in [-0.05, 0) is 44.0 Å². The SMILES string of the molecule is CCOCC.COc1cc2c(cc1OC)CC(OCCc1scnc1C)OC2. The molecule has 0 aliphatic carbocycles. The standard InChI is InChI=1S/C17H21NO4S.C4H10O/c1-11-16(23-10-18-11)4-5-21-17-8-12-6-14(19-2)15(20-3)7-13(12)9-22-17;1-3-5-4-2/h6-7,10,17H,4-5,8-9H2,1-3H3;3-4H2,1-2H3. The Morgan fingerprint density at radius 3 is 2.32 bits per heavy atom. The van der Waals surface area contributed by atoms with E-state index in [9.17, 15) is 0 Å². The van der Waals surface area contributed by atoms with Gasteiger partial charge in [0.2, 0.25) is 0 Å². The molecule has 0 radical (unpaired) electrons. The van der Waals surface area contributed by atoms with Crippen LogP contribution in [0.3, 0.4) is 0 Å². The van der Waals surface area contributed by atoms with Crippen LogP contribution in [0.4, 0.5) is 0 Å². The lowest BCUT2D eigenvalue weighted by Gasteiger charge is -2.26. The van der Waals surface area contributed by atoms with Gasteiger partial charge in [-0.2, -0.15) is 0 Å². The summed E-state index contributed by atoms with van der Waals surface area (Å²) in [5.41, 5.74) is 5.27. The molecule has 0 saturated carbocycles. The third-order valence-electron chi connectivity index (χ3n) is 4.40. The van der Waals surface area contributed by atoms with Crippen molar-refractivity contribution >= 4 is 11.3 Å². The predicted molar refractivity (Wildman–Crippen MR) is 111 cm³/mol. The molecule has 0 saturated heterocycles. The van der Waals surface area contributed by atoms with E-state index in [2.05, 4.69) is 4.98 Å². The molecule has 1 aromatic carbocycles. The van der Waals surface area contributed by atoms with E-state index < -0.39 is 0 Å². The zero-order chi connectivity index (χ0) is 20.4. The maximum Gasteiger partial charge on any atom is 0.162 e. The average molecular weight is 410 g/mol. The number of ether oxygens (including phenoxy) is 5. The highest BCUT2D eigenvalue weighted by molar-refractivity contribution is 7.09. The van der Waals surface area contributed by atoms with Gasteiger partial charge in [-0.1, -0.05) is 0 Å². The minimum absolute atomic E-state index is 0.214. The molecule has 2 aromatic rings. The van der Waals surface area contributed by atoms with Crippen molar-refractivity contribution in [2.24, 2.45) is 0 Å². The Bertz CT molecular complexity index is 717. The highest BCUT2D eigenvalue weighted by atomic mass is 32.1. The highest BCUT2D eigenvalue weighted by Crippen LogP contribution is 2.34. The number of aryl methyl sites for hydroxylation is 1. The van der Waals surface area contributed by atoms with Crippen molar-refractivity contribution in [3.05, 3.63) is 39.3 Å². The molecule has 0 N–H and O–H groups in total. The van der Waals surface area contributed by atoms with Crippen LogP contribution in [0.25, 0.3) is 0 Å². The third kappa shape index (κ3) is 6.44. The molecular formula is C21H31NO5S. The number of methoxy groups -OCH3 is 2. The summed E-state index contributed by atoms with van der Waals surface area (Å²) in [6.07, 6.45) is 1.38. The lowest BCUT2D eigenvalue weighted by molar-refractivity contribution is -0.154. The van der Waals surface area contributed by atoms with E-state index in [0.717, 1.165) is 48.8 Å². The van der Waals surface area contributed by atoms with Gasteiger partial charge in [0.25, 0.3) is 0 Å². The topological polar surface area (TPSA) is 59.0 Å². The van der Waals surface area contributed by atoms with Crippen molar-refractivity contribution in [1.82, 2.24) is 4.98 Å². The van der Waals surface area contributed by atoms with Crippen molar-refractivity contribution in [2.75, 3.05) is 34.0 Å². The number of aromatic nitrogens is 1. The van der Waals surface area contributed by atoms with E-state index in [4.69, 9.17) is 23.7 Å².